The number of aromatic nitrogens is 2. The van der Waals surface area contributed by atoms with E-state index in [0.717, 1.165) is 11.1 Å². The predicted octanol–water partition coefficient (Wildman–Crippen LogP) is 10.3. The van der Waals surface area contributed by atoms with Gasteiger partial charge < -0.3 is 4.57 Å². The van der Waals surface area contributed by atoms with Gasteiger partial charge in [-0.05, 0) is 64.9 Å². The van der Waals surface area contributed by atoms with Crippen molar-refractivity contribution in [2.75, 3.05) is 0 Å². The van der Waals surface area contributed by atoms with Crippen molar-refractivity contribution in [3.05, 3.63) is 192 Å². The molecule has 0 saturated carbocycles. The first-order valence-corrected chi connectivity index (χ1v) is 20.6. The molecule has 0 saturated heterocycles. The van der Waals surface area contributed by atoms with E-state index in [2.05, 4.69) is 133 Å². The number of imidazole rings is 1. The first-order chi connectivity index (χ1) is 25.1. The van der Waals surface area contributed by atoms with Crippen LogP contribution in [0.5, 0.6) is 0 Å². The molecule has 0 aliphatic rings. The number of hydrogen-bond donors (Lipinski definition) is 0. The van der Waals surface area contributed by atoms with E-state index >= 15 is 0 Å². The van der Waals surface area contributed by atoms with Gasteiger partial charge in [-0.3, -0.25) is 0 Å². The lowest BCUT2D eigenvalue weighted by Gasteiger charge is -2.37. The van der Waals surface area contributed by atoms with Crippen LogP contribution in [0.3, 0.4) is 0 Å². The van der Waals surface area contributed by atoms with Crippen LogP contribution in [-0.2, 0) is 18.0 Å². The lowest BCUT2D eigenvalue weighted by molar-refractivity contribution is 0.595. The molecule has 51 heavy (non-hydrogen) atoms. The second-order valence-corrected chi connectivity index (χ2v) is 16.0. The minimum absolute atomic E-state index is 0.0163. The van der Waals surface area contributed by atoms with Gasteiger partial charge in [0.1, 0.15) is 0 Å². The van der Waals surface area contributed by atoms with Crippen LogP contribution in [0.15, 0.2) is 158 Å². The molecule has 2 radical (unpaired) electrons. The second kappa shape index (κ2) is 20.4. The highest BCUT2D eigenvalue weighted by Crippen LogP contribution is 2.34. The average molecular weight is 687 g/mol. The lowest BCUT2D eigenvalue weighted by Crippen LogP contribution is -2.46. The fourth-order valence-corrected chi connectivity index (χ4v) is 9.40. The molecule has 6 rings (SSSR count). The third-order valence-corrected chi connectivity index (χ3v) is 12.6. The molecule has 5 aromatic carbocycles. The van der Waals surface area contributed by atoms with Gasteiger partial charge in [0.05, 0.1) is 28.9 Å². The number of benzene rings is 5. The Morgan fingerprint density at radius 1 is 0.569 bits per heavy atom. The lowest BCUT2D eigenvalue weighted by atomic mass is 9.76. The molecule has 2 nitrogen and oxygen atoms in total. The van der Waals surface area contributed by atoms with E-state index in [9.17, 15) is 0 Å². The Bertz CT molecular complexity index is 1680. The van der Waals surface area contributed by atoms with Crippen molar-refractivity contribution in [2.45, 2.75) is 89.0 Å². The standard InChI is InChI=1S/C34H44N2Si.C13H11B/c1-3-5-7-10-14-29-18-22-31(23-19-29)34(36-27-26-35-28-36,37-33-16-12-9-13-17-33)32-24-20-30(21-25-32)15-11-8-6-4-2;14-13(11-7-3-1-4-8-11)12-9-5-2-6-10-12/h9,12-13,16-28H,3-8,10-11,14-15,37H2,1-2H3;1-10,13H. The van der Waals surface area contributed by atoms with Gasteiger partial charge in [-0.25, -0.2) is 4.98 Å². The smallest absolute Gasteiger partial charge is 0.0965 e. The van der Waals surface area contributed by atoms with Crippen LogP contribution in [0.4, 0.5) is 0 Å². The second-order valence-electron chi connectivity index (χ2n) is 13.8. The summed E-state index contributed by atoms with van der Waals surface area (Å²) in [4.78, 5) is 4.52. The zero-order valence-electron chi connectivity index (χ0n) is 30.8. The summed E-state index contributed by atoms with van der Waals surface area (Å²) < 4.78 is 2.37. The predicted molar refractivity (Wildman–Crippen MR) is 222 cm³/mol. The SMILES string of the molecule is CCCCCCc1ccc(C([SiH2]c2ccccc2)(c2ccc(CCCCCC)cc2)n2ccnc2)cc1.[B]C(c1ccccc1)c1ccccc1. The normalized spacial score (nSPS) is 11.5. The van der Waals surface area contributed by atoms with Crippen molar-refractivity contribution in [1.29, 1.82) is 0 Å². The number of aryl methyl sites for hydroxylation is 2. The van der Waals surface area contributed by atoms with Crippen molar-refractivity contribution in [3.8, 4) is 0 Å². The van der Waals surface area contributed by atoms with Gasteiger partial charge in [0.25, 0.3) is 0 Å². The fraction of sp³-hybridized carbons (Fsp3) is 0.298. The minimum Gasteiger partial charge on any atom is -0.326 e. The summed E-state index contributed by atoms with van der Waals surface area (Å²) in [7, 11) is 5.30. The average Bonchev–Trinajstić information content (AvgIpc) is 3.75. The Morgan fingerprint density at radius 3 is 1.43 bits per heavy atom. The topological polar surface area (TPSA) is 17.8 Å². The Kier molecular flexibility index (Phi) is 15.2. The molecule has 0 N–H and O–H groups in total. The van der Waals surface area contributed by atoms with Crippen molar-refractivity contribution >= 4 is 22.6 Å². The van der Waals surface area contributed by atoms with Crippen LogP contribution in [0.25, 0.3) is 0 Å². The molecule has 0 fully saturated rings. The van der Waals surface area contributed by atoms with Crippen LogP contribution >= 0.6 is 0 Å². The molecule has 260 valence electrons. The first kappa shape index (κ1) is 37.8. The highest BCUT2D eigenvalue weighted by molar-refractivity contribution is 6.57. The summed E-state index contributed by atoms with van der Waals surface area (Å²) in [5, 5.41) is 1.24. The third-order valence-electron chi connectivity index (χ3n) is 10.1. The summed E-state index contributed by atoms with van der Waals surface area (Å²) in [5.41, 5.74) is 7.94. The molecule has 0 spiro atoms. The van der Waals surface area contributed by atoms with Crippen molar-refractivity contribution in [3.63, 3.8) is 0 Å². The van der Waals surface area contributed by atoms with E-state index in [0.29, 0.717) is 0 Å². The monoisotopic (exact) mass is 686 g/mol. The molecular weight excluding hydrogens is 631 g/mol. The summed E-state index contributed by atoms with van der Waals surface area (Å²) in [5.74, 6) is -0.0163. The Balaban J connectivity index is 0.000000299. The van der Waals surface area contributed by atoms with E-state index in [-0.39, 0.29) is 11.0 Å². The van der Waals surface area contributed by atoms with Gasteiger partial charge in [0.2, 0.25) is 0 Å². The number of unbranched alkanes of at least 4 members (excludes halogenated alkanes) is 6. The molecule has 0 aliphatic heterocycles. The van der Waals surface area contributed by atoms with E-state index < -0.39 is 9.52 Å². The van der Waals surface area contributed by atoms with Gasteiger partial charge in [-0.1, -0.05) is 197 Å². The maximum Gasteiger partial charge on any atom is 0.0965 e. The maximum atomic E-state index is 6.12. The molecule has 0 amide bonds. The zero-order chi connectivity index (χ0) is 35.6. The van der Waals surface area contributed by atoms with E-state index in [1.165, 1.54) is 91.6 Å². The Hall–Kier alpha value is -4.41. The summed E-state index contributed by atoms with van der Waals surface area (Å²) in [6.07, 6.45) is 18.9. The van der Waals surface area contributed by atoms with Crippen molar-refractivity contribution < 1.29 is 0 Å². The fourth-order valence-electron chi connectivity index (χ4n) is 7.06. The molecule has 1 heterocycles. The maximum absolute atomic E-state index is 6.12. The van der Waals surface area contributed by atoms with Crippen LogP contribution in [0, 0.1) is 0 Å². The number of nitrogens with zero attached hydrogens (tertiary/aromatic N) is 2. The molecule has 0 unspecified atom stereocenters. The molecule has 0 bridgehead atoms. The van der Waals surface area contributed by atoms with Gasteiger partial charge in [0.15, 0.2) is 0 Å². The molecule has 4 heteroatoms. The van der Waals surface area contributed by atoms with Crippen molar-refractivity contribution in [1.82, 2.24) is 9.55 Å². The van der Waals surface area contributed by atoms with Gasteiger partial charge in [-0.15, -0.1) is 0 Å². The highest BCUT2D eigenvalue weighted by Gasteiger charge is 2.36. The molecule has 1 aromatic heterocycles. The highest BCUT2D eigenvalue weighted by atomic mass is 28.2. The van der Waals surface area contributed by atoms with Crippen LogP contribution in [0.2, 0.25) is 0 Å². The van der Waals surface area contributed by atoms with E-state index in [1.54, 1.807) is 0 Å². The summed E-state index contributed by atoms with van der Waals surface area (Å²) in [6.45, 7) is 4.56. The van der Waals surface area contributed by atoms with Crippen LogP contribution in [-0.4, -0.2) is 26.9 Å². The quantitative estimate of drug-likeness (QED) is 0.0690. The van der Waals surface area contributed by atoms with Crippen LogP contribution < -0.4 is 5.19 Å². The summed E-state index contributed by atoms with van der Waals surface area (Å²) in [6, 6.07) is 50.4. The largest absolute Gasteiger partial charge is 0.326 e. The number of hydrogen-bond acceptors (Lipinski definition) is 1. The van der Waals surface area contributed by atoms with Gasteiger partial charge >= 0.3 is 0 Å². The minimum atomic E-state index is -0.817. The van der Waals surface area contributed by atoms with Gasteiger partial charge in [0, 0.05) is 12.4 Å². The Labute approximate surface area is 311 Å². The third kappa shape index (κ3) is 10.8. The molecule has 6 aromatic rings. The van der Waals surface area contributed by atoms with E-state index in [4.69, 9.17) is 7.85 Å². The van der Waals surface area contributed by atoms with Crippen molar-refractivity contribution in [2.24, 2.45) is 0 Å². The van der Waals surface area contributed by atoms with Crippen LogP contribution in [0.1, 0.15) is 104 Å². The summed E-state index contributed by atoms with van der Waals surface area (Å²) >= 11 is 0. The van der Waals surface area contributed by atoms with E-state index in [1.807, 2.05) is 48.9 Å². The molecule has 0 atom stereocenters. The van der Waals surface area contributed by atoms with Gasteiger partial charge in [-0.2, -0.15) is 0 Å². The number of rotatable bonds is 17. The molecular formula is C47H55BN2Si. The molecule has 0 aliphatic carbocycles. The Morgan fingerprint density at radius 2 is 1.02 bits per heavy atom. The first-order valence-electron chi connectivity index (χ1n) is 19.2. The zero-order valence-corrected chi connectivity index (χ0v) is 32.3.